The highest BCUT2D eigenvalue weighted by atomic mass is 15.1. The molecule has 1 unspecified atom stereocenters. The molecule has 0 heterocycles. The van der Waals surface area contributed by atoms with Gasteiger partial charge in [-0.05, 0) is 33.0 Å². The molecule has 0 fully saturated rings. The van der Waals surface area contributed by atoms with E-state index < -0.39 is 0 Å². The van der Waals surface area contributed by atoms with E-state index in [0.717, 1.165) is 0 Å². The molecule has 0 rings (SSSR count). The maximum atomic E-state index is 3.60. The smallest absolute Gasteiger partial charge is 0.0166 e. The highest BCUT2D eigenvalue weighted by Gasteiger charge is 2.05. The molecule has 0 saturated carbocycles. The Kier molecular flexibility index (Phi) is 10.4. The Bertz CT molecular complexity index is 122. The van der Waals surface area contributed by atoms with Crippen LogP contribution in [-0.2, 0) is 0 Å². The summed E-state index contributed by atoms with van der Waals surface area (Å²) in [6.07, 6.45) is 5.42. The molecular formula is C13H30N2. The quantitative estimate of drug-likeness (QED) is 0.563. The fraction of sp³-hybridized carbons (Fsp3) is 1.00. The monoisotopic (exact) mass is 214 g/mol. The Morgan fingerprint density at radius 3 is 2.20 bits per heavy atom. The summed E-state index contributed by atoms with van der Waals surface area (Å²) in [5.74, 6) is 0. The van der Waals surface area contributed by atoms with Crippen LogP contribution in [0.3, 0.4) is 0 Å². The van der Waals surface area contributed by atoms with E-state index >= 15 is 0 Å². The fourth-order valence-corrected chi connectivity index (χ4v) is 1.83. The van der Waals surface area contributed by atoms with Crippen molar-refractivity contribution in [2.24, 2.45) is 0 Å². The standard InChI is InChI=1S/C13H30N2/c1-5-8-9-10-11-14-13(4)12-15(6-2)7-3/h13-14H,5-12H2,1-4H3. The maximum Gasteiger partial charge on any atom is 0.0166 e. The van der Waals surface area contributed by atoms with Gasteiger partial charge in [0, 0.05) is 12.6 Å². The van der Waals surface area contributed by atoms with E-state index in [-0.39, 0.29) is 0 Å². The lowest BCUT2D eigenvalue weighted by molar-refractivity contribution is 0.271. The number of nitrogens with one attached hydrogen (secondary N) is 1. The molecular weight excluding hydrogens is 184 g/mol. The predicted molar refractivity (Wildman–Crippen MR) is 69.4 cm³/mol. The van der Waals surface area contributed by atoms with Gasteiger partial charge in [0.15, 0.2) is 0 Å². The first-order valence-electron chi connectivity index (χ1n) is 6.70. The molecule has 0 aliphatic rings. The van der Waals surface area contributed by atoms with Gasteiger partial charge in [0.05, 0.1) is 0 Å². The van der Waals surface area contributed by atoms with Crippen LogP contribution in [0.25, 0.3) is 0 Å². The highest BCUT2D eigenvalue weighted by Crippen LogP contribution is 1.98. The van der Waals surface area contributed by atoms with Gasteiger partial charge in [-0.15, -0.1) is 0 Å². The number of hydrogen-bond acceptors (Lipinski definition) is 2. The van der Waals surface area contributed by atoms with Gasteiger partial charge in [-0.25, -0.2) is 0 Å². The average molecular weight is 214 g/mol. The van der Waals surface area contributed by atoms with Gasteiger partial charge in [0.1, 0.15) is 0 Å². The Hall–Kier alpha value is -0.0800. The van der Waals surface area contributed by atoms with Gasteiger partial charge in [-0.3, -0.25) is 0 Å². The minimum atomic E-state index is 0.631. The molecule has 0 aromatic heterocycles. The Morgan fingerprint density at radius 1 is 1.00 bits per heavy atom. The number of unbranched alkanes of at least 4 members (excludes halogenated alkanes) is 3. The van der Waals surface area contributed by atoms with Crippen molar-refractivity contribution in [3.8, 4) is 0 Å². The molecule has 2 heteroatoms. The highest BCUT2D eigenvalue weighted by molar-refractivity contribution is 4.65. The molecule has 2 nitrogen and oxygen atoms in total. The second-order valence-corrected chi connectivity index (χ2v) is 4.40. The first-order valence-corrected chi connectivity index (χ1v) is 6.70. The molecule has 0 radical (unpaired) electrons. The van der Waals surface area contributed by atoms with Crippen LogP contribution in [0.2, 0.25) is 0 Å². The topological polar surface area (TPSA) is 15.3 Å². The summed E-state index contributed by atoms with van der Waals surface area (Å²) in [5.41, 5.74) is 0. The average Bonchev–Trinajstić information content (AvgIpc) is 2.25. The Morgan fingerprint density at radius 2 is 1.67 bits per heavy atom. The second kappa shape index (κ2) is 10.4. The minimum absolute atomic E-state index is 0.631. The van der Waals surface area contributed by atoms with Crippen molar-refractivity contribution in [2.75, 3.05) is 26.2 Å². The molecule has 15 heavy (non-hydrogen) atoms. The zero-order valence-corrected chi connectivity index (χ0v) is 11.2. The molecule has 0 bridgehead atoms. The van der Waals surface area contributed by atoms with E-state index in [9.17, 15) is 0 Å². The van der Waals surface area contributed by atoms with Crippen LogP contribution in [0, 0.1) is 0 Å². The van der Waals surface area contributed by atoms with Crippen molar-refractivity contribution in [2.45, 2.75) is 59.4 Å². The minimum Gasteiger partial charge on any atom is -0.313 e. The van der Waals surface area contributed by atoms with E-state index in [4.69, 9.17) is 0 Å². The zero-order chi connectivity index (χ0) is 11.5. The normalized spacial score (nSPS) is 13.4. The summed E-state index contributed by atoms with van der Waals surface area (Å²) >= 11 is 0. The largest absolute Gasteiger partial charge is 0.313 e. The molecule has 0 aliphatic heterocycles. The first-order chi connectivity index (χ1) is 7.24. The van der Waals surface area contributed by atoms with Crippen molar-refractivity contribution in [1.29, 1.82) is 0 Å². The van der Waals surface area contributed by atoms with Crippen LogP contribution >= 0.6 is 0 Å². The summed E-state index contributed by atoms with van der Waals surface area (Å²) in [7, 11) is 0. The number of likely N-dealkylation sites (N-methyl/N-ethyl adjacent to an activating group) is 1. The zero-order valence-electron chi connectivity index (χ0n) is 11.2. The Balaban J connectivity index is 3.35. The molecule has 0 spiro atoms. The van der Waals surface area contributed by atoms with E-state index in [1.54, 1.807) is 0 Å². The summed E-state index contributed by atoms with van der Waals surface area (Å²) in [4.78, 5) is 2.48. The molecule has 92 valence electrons. The van der Waals surface area contributed by atoms with Crippen LogP contribution < -0.4 is 5.32 Å². The first kappa shape index (κ1) is 14.9. The molecule has 0 amide bonds. The van der Waals surface area contributed by atoms with Crippen LogP contribution in [0.5, 0.6) is 0 Å². The molecule has 0 aliphatic carbocycles. The van der Waals surface area contributed by atoms with Crippen molar-refractivity contribution in [1.82, 2.24) is 10.2 Å². The van der Waals surface area contributed by atoms with Crippen molar-refractivity contribution >= 4 is 0 Å². The molecule has 0 aromatic carbocycles. The number of nitrogens with zero attached hydrogens (tertiary/aromatic N) is 1. The molecule has 1 N–H and O–H groups in total. The van der Waals surface area contributed by atoms with Crippen molar-refractivity contribution in [3.05, 3.63) is 0 Å². The van der Waals surface area contributed by atoms with Gasteiger partial charge in [-0.1, -0.05) is 40.0 Å². The SMILES string of the molecule is CCCCCCNC(C)CN(CC)CC. The second-order valence-electron chi connectivity index (χ2n) is 4.40. The third kappa shape index (κ3) is 8.88. The van der Waals surface area contributed by atoms with E-state index in [0.29, 0.717) is 6.04 Å². The summed E-state index contributed by atoms with van der Waals surface area (Å²) < 4.78 is 0. The van der Waals surface area contributed by atoms with Crippen molar-refractivity contribution in [3.63, 3.8) is 0 Å². The lowest BCUT2D eigenvalue weighted by atomic mass is 10.2. The van der Waals surface area contributed by atoms with Crippen LogP contribution in [-0.4, -0.2) is 37.1 Å². The third-order valence-corrected chi connectivity index (χ3v) is 2.95. The maximum absolute atomic E-state index is 3.60. The third-order valence-electron chi connectivity index (χ3n) is 2.95. The van der Waals surface area contributed by atoms with Gasteiger partial charge in [0.2, 0.25) is 0 Å². The number of hydrogen-bond donors (Lipinski definition) is 1. The summed E-state index contributed by atoms with van der Waals surface area (Å²) in [5, 5.41) is 3.60. The number of rotatable bonds is 10. The van der Waals surface area contributed by atoms with Crippen LogP contribution in [0.15, 0.2) is 0 Å². The fourth-order valence-electron chi connectivity index (χ4n) is 1.83. The predicted octanol–water partition coefficient (Wildman–Crippen LogP) is 2.89. The van der Waals surface area contributed by atoms with Gasteiger partial charge >= 0.3 is 0 Å². The van der Waals surface area contributed by atoms with Crippen molar-refractivity contribution < 1.29 is 0 Å². The van der Waals surface area contributed by atoms with Crippen LogP contribution in [0.4, 0.5) is 0 Å². The van der Waals surface area contributed by atoms with Crippen LogP contribution in [0.1, 0.15) is 53.4 Å². The molecule has 1 atom stereocenters. The van der Waals surface area contributed by atoms with E-state index in [1.165, 1.54) is 51.9 Å². The summed E-state index contributed by atoms with van der Waals surface area (Å²) in [6.45, 7) is 13.7. The van der Waals surface area contributed by atoms with Gasteiger partial charge in [-0.2, -0.15) is 0 Å². The Labute approximate surface area is 96.4 Å². The lowest BCUT2D eigenvalue weighted by Crippen LogP contribution is -2.39. The van der Waals surface area contributed by atoms with E-state index in [1.807, 2.05) is 0 Å². The van der Waals surface area contributed by atoms with Gasteiger partial charge < -0.3 is 10.2 Å². The van der Waals surface area contributed by atoms with Gasteiger partial charge in [0.25, 0.3) is 0 Å². The van der Waals surface area contributed by atoms with E-state index in [2.05, 4.69) is 37.9 Å². The molecule has 0 aromatic rings. The molecule has 0 saturated heterocycles. The lowest BCUT2D eigenvalue weighted by Gasteiger charge is -2.23. The summed E-state index contributed by atoms with van der Waals surface area (Å²) in [6, 6.07) is 0.631.